The Labute approximate surface area is 223 Å². The van der Waals surface area contributed by atoms with E-state index in [1.54, 1.807) is 30.3 Å². The van der Waals surface area contributed by atoms with Gasteiger partial charge in [0.2, 0.25) is 0 Å². The molecule has 0 fully saturated rings. The van der Waals surface area contributed by atoms with Crippen LogP contribution in [0.4, 0.5) is 0 Å². The summed E-state index contributed by atoms with van der Waals surface area (Å²) in [7, 11) is 1.18. The number of aromatic nitrogens is 1. The van der Waals surface area contributed by atoms with E-state index in [1.807, 2.05) is 30.5 Å². The van der Waals surface area contributed by atoms with Crippen molar-refractivity contribution in [1.82, 2.24) is 20.9 Å². The summed E-state index contributed by atoms with van der Waals surface area (Å²) in [6.45, 7) is 0.113. The minimum atomic E-state index is -1.16. The summed E-state index contributed by atoms with van der Waals surface area (Å²) in [6.07, 6.45) is 1.83. The Hall–Kier alpha value is -4.63. The Morgan fingerprint density at radius 3 is 2.37 bits per heavy atom. The van der Waals surface area contributed by atoms with Crippen LogP contribution in [0.2, 0.25) is 5.02 Å². The average Bonchev–Trinajstić information content (AvgIpc) is 3.43. The van der Waals surface area contributed by atoms with E-state index in [0.717, 1.165) is 16.5 Å². The molecule has 1 aromatic heterocycles. The van der Waals surface area contributed by atoms with Gasteiger partial charge in [0, 0.05) is 41.3 Å². The van der Waals surface area contributed by atoms with Crippen molar-refractivity contribution >= 4 is 46.2 Å². The predicted molar refractivity (Wildman–Crippen MR) is 143 cm³/mol. The third-order valence-electron chi connectivity index (χ3n) is 5.89. The lowest BCUT2D eigenvalue weighted by Crippen LogP contribution is -2.49. The molecule has 1 heterocycles. The summed E-state index contributed by atoms with van der Waals surface area (Å²) in [4.78, 5) is 53.3. The molecule has 1 unspecified atom stereocenters. The van der Waals surface area contributed by atoms with Crippen molar-refractivity contribution in [2.24, 2.45) is 0 Å². The predicted octanol–water partition coefficient (Wildman–Crippen LogP) is 3.45. The van der Waals surface area contributed by atoms with Crippen LogP contribution in [0.1, 0.15) is 36.6 Å². The minimum absolute atomic E-state index is 0.0276. The number of benzene rings is 3. The van der Waals surface area contributed by atoms with Crippen molar-refractivity contribution < 1.29 is 23.9 Å². The van der Waals surface area contributed by atoms with Gasteiger partial charge in [0.25, 0.3) is 17.7 Å². The zero-order chi connectivity index (χ0) is 27.1. The van der Waals surface area contributed by atoms with Crippen LogP contribution in [0.25, 0.3) is 10.9 Å². The summed E-state index contributed by atoms with van der Waals surface area (Å²) < 4.78 is 4.76. The largest absolute Gasteiger partial charge is 0.467 e. The van der Waals surface area contributed by atoms with E-state index in [4.69, 9.17) is 16.3 Å². The average molecular weight is 533 g/mol. The lowest BCUT2D eigenvalue weighted by atomic mass is 10.1. The Balaban J connectivity index is 1.39. The quantitative estimate of drug-likeness (QED) is 0.245. The molecule has 194 valence electrons. The normalized spacial score (nSPS) is 11.4. The fourth-order valence-electron chi connectivity index (χ4n) is 3.88. The molecule has 0 aliphatic carbocycles. The molecule has 38 heavy (non-hydrogen) atoms. The number of hydrogen-bond acceptors (Lipinski definition) is 5. The smallest absolute Gasteiger partial charge is 0.330 e. The number of fused-ring (bicyclic) bond motifs is 1. The highest BCUT2D eigenvalue weighted by Gasteiger charge is 2.24. The lowest BCUT2D eigenvalue weighted by Gasteiger charge is -2.18. The Morgan fingerprint density at radius 2 is 1.63 bits per heavy atom. The fourth-order valence-corrected chi connectivity index (χ4v) is 4.15. The van der Waals surface area contributed by atoms with Crippen molar-refractivity contribution in [3.63, 3.8) is 0 Å². The molecule has 4 N–H and O–H groups in total. The van der Waals surface area contributed by atoms with E-state index in [0.29, 0.717) is 12.1 Å². The highest BCUT2D eigenvalue weighted by molar-refractivity contribution is 6.34. The second-order valence-corrected chi connectivity index (χ2v) is 8.77. The highest BCUT2D eigenvalue weighted by Crippen LogP contribution is 2.20. The van der Waals surface area contributed by atoms with E-state index < -0.39 is 23.8 Å². The van der Waals surface area contributed by atoms with Crippen molar-refractivity contribution in [3.8, 4) is 0 Å². The van der Waals surface area contributed by atoms with E-state index in [1.165, 1.54) is 25.3 Å². The number of carbonyl (C=O) groups is 4. The van der Waals surface area contributed by atoms with Crippen LogP contribution in [0.15, 0.2) is 79.0 Å². The van der Waals surface area contributed by atoms with Gasteiger partial charge in [-0.2, -0.15) is 0 Å². The summed E-state index contributed by atoms with van der Waals surface area (Å²) in [5.41, 5.74) is 2.66. The zero-order valence-corrected chi connectivity index (χ0v) is 21.2. The van der Waals surface area contributed by atoms with Gasteiger partial charge in [-0.3, -0.25) is 14.4 Å². The third-order valence-corrected chi connectivity index (χ3v) is 6.21. The Kier molecular flexibility index (Phi) is 8.40. The van der Waals surface area contributed by atoms with Gasteiger partial charge in [0.1, 0.15) is 6.04 Å². The molecule has 0 spiro atoms. The highest BCUT2D eigenvalue weighted by atomic mass is 35.5. The first-order valence-corrected chi connectivity index (χ1v) is 12.1. The maximum Gasteiger partial charge on any atom is 0.330 e. The van der Waals surface area contributed by atoms with E-state index in [2.05, 4.69) is 20.9 Å². The number of halogens is 1. The lowest BCUT2D eigenvalue weighted by molar-refractivity contribution is -0.142. The molecule has 0 saturated heterocycles. The molecule has 0 aliphatic rings. The molecule has 0 saturated carbocycles. The summed E-state index contributed by atoms with van der Waals surface area (Å²) in [6, 6.07) is 19.3. The van der Waals surface area contributed by atoms with Crippen LogP contribution in [0.5, 0.6) is 0 Å². The van der Waals surface area contributed by atoms with Gasteiger partial charge in [0.15, 0.2) is 0 Å². The number of carbonyl (C=O) groups excluding carboxylic acids is 4. The molecule has 0 radical (unpaired) electrons. The van der Waals surface area contributed by atoms with Gasteiger partial charge in [-0.05, 0) is 48.0 Å². The second-order valence-electron chi connectivity index (χ2n) is 8.36. The fraction of sp³-hybridized carbons (Fsp3) is 0.143. The first-order valence-electron chi connectivity index (χ1n) is 11.7. The molecule has 0 bridgehead atoms. The molecular formula is C28H25ClN4O5. The van der Waals surface area contributed by atoms with Crippen LogP contribution in [-0.4, -0.2) is 48.4 Å². The molecule has 9 nitrogen and oxygen atoms in total. The van der Waals surface area contributed by atoms with Gasteiger partial charge in [-0.25, -0.2) is 4.79 Å². The number of ether oxygens (including phenoxy) is 1. The van der Waals surface area contributed by atoms with Crippen molar-refractivity contribution in [1.29, 1.82) is 0 Å². The molecular weight excluding hydrogens is 508 g/mol. The molecule has 3 aromatic carbocycles. The monoisotopic (exact) mass is 532 g/mol. The van der Waals surface area contributed by atoms with Crippen molar-refractivity contribution in [2.45, 2.75) is 12.6 Å². The number of aromatic amines is 1. The van der Waals surface area contributed by atoms with Crippen LogP contribution in [-0.2, 0) is 16.1 Å². The van der Waals surface area contributed by atoms with Crippen LogP contribution in [0, 0.1) is 0 Å². The molecule has 3 amide bonds. The van der Waals surface area contributed by atoms with Crippen LogP contribution < -0.4 is 16.0 Å². The maximum atomic E-state index is 12.9. The van der Waals surface area contributed by atoms with Gasteiger partial charge in [0.05, 0.1) is 17.7 Å². The first kappa shape index (κ1) is 26.4. The number of esters is 1. The van der Waals surface area contributed by atoms with Crippen molar-refractivity contribution in [3.05, 3.63) is 106 Å². The SMILES string of the molecule is COC(=O)C(CNC(=O)c1ccccc1)NC(=O)c1ccc(C(=O)NCc2cccc3[nH]ccc23)cc1Cl. The van der Waals surface area contributed by atoms with Gasteiger partial charge in [-0.1, -0.05) is 41.9 Å². The van der Waals surface area contributed by atoms with E-state index >= 15 is 0 Å². The van der Waals surface area contributed by atoms with Crippen LogP contribution >= 0.6 is 11.6 Å². The number of H-pyrrole nitrogens is 1. The van der Waals surface area contributed by atoms with E-state index in [-0.39, 0.29) is 28.6 Å². The Morgan fingerprint density at radius 1 is 0.868 bits per heavy atom. The number of nitrogens with one attached hydrogen (secondary N) is 4. The molecule has 10 heteroatoms. The third kappa shape index (κ3) is 6.19. The molecule has 4 aromatic rings. The first-order chi connectivity index (χ1) is 18.4. The van der Waals surface area contributed by atoms with Crippen molar-refractivity contribution in [2.75, 3.05) is 13.7 Å². The summed E-state index contributed by atoms with van der Waals surface area (Å²) in [5, 5.41) is 9.02. The summed E-state index contributed by atoms with van der Waals surface area (Å²) in [5.74, 6) is -2.17. The maximum absolute atomic E-state index is 12.9. The van der Waals surface area contributed by atoms with Gasteiger partial charge < -0.3 is 25.7 Å². The zero-order valence-electron chi connectivity index (χ0n) is 20.4. The minimum Gasteiger partial charge on any atom is -0.467 e. The molecule has 4 rings (SSSR count). The molecule has 0 aliphatic heterocycles. The van der Waals surface area contributed by atoms with Gasteiger partial charge in [-0.15, -0.1) is 0 Å². The van der Waals surface area contributed by atoms with Crippen LogP contribution in [0.3, 0.4) is 0 Å². The molecule has 1 atom stereocenters. The van der Waals surface area contributed by atoms with Gasteiger partial charge >= 0.3 is 5.97 Å². The van der Waals surface area contributed by atoms with E-state index in [9.17, 15) is 19.2 Å². The standard InChI is InChI=1S/C28H25ClN4O5/c1-38-28(37)24(16-32-25(34)17-6-3-2-4-7-17)33-27(36)21-11-10-18(14-22(21)29)26(35)31-15-19-8-5-9-23-20(19)12-13-30-23/h2-14,24,30H,15-16H2,1H3,(H,31,35)(H,32,34)(H,33,36). The number of methoxy groups -OCH3 is 1. The Bertz CT molecular complexity index is 1490. The number of amides is 3. The topological polar surface area (TPSA) is 129 Å². The number of rotatable bonds is 9. The summed E-state index contributed by atoms with van der Waals surface area (Å²) >= 11 is 6.32. The second kappa shape index (κ2) is 12.1. The number of hydrogen-bond donors (Lipinski definition) is 4.